The standard InChI is InChI=1S/C24H27F2NO4/c1-16-3-8-19(9-4-16)20(15-31-24(25)26)23(28)27-12-11-17-7-10-21(22(13-17)29-2)30-14-18-5-6-18/h3-4,7-10,13,15,18,24H,5-6,11-12,14H2,1-2H3,(H,27,28)/b20-15-. The van der Waals surface area contributed by atoms with Crippen LogP contribution in [0.15, 0.2) is 48.7 Å². The second kappa shape index (κ2) is 10.8. The highest BCUT2D eigenvalue weighted by Gasteiger charge is 2.22. The van der Waals surface area contributed by atoms with Crippen molar-refractivity contribution >= 4 is 11.5 Å². The van der Waals surface area contributed by atoms with Crippen LogP contribution in [-0.2, 0) is 16.0 Å². The summed E-state index contributed by atoms with van der Waals surface area (Å²) in [5.41, 5.74) is 2.50. The molecule has 1 fully saturated rings. The van der Waals surface area contributed by atoms with Gasteiger partial charge in [0.1, 0.15) is 6.26 Å². The molecule has 1 aliphatic rings. The van der Waals surface area contributed by atoms with Crippen LogP contribution in [0, 0.1) is 12.8 Å². The van der Waals surface area contributed by atoms with E-state index in [1.807, 2.05) is 25.1 Å². The zero-order valence-electron chi connectivity index (χ0n) is 17.7. The van der Waals surface area contributed by atoms with E-state index in [4.69, 9.17) is 9.47 Å². The predicted molar refractivity (Wildman–Crippen MR) is 114 cm³/mol. The third-order valence-electron chi connectivity index (χ3n) is 4.99. The third kappa shape index (κ3) is 6.98. The lowest BCUT2D eigenvalue weighted by Crippen LogP contribution is -2.27. The van der Waals surface area contributed by atoms with Crippen LogP contribution in [0.25, 0.3) is 5.57 Å². The molecule has 5 nitrogen and oxygen atoms in total. The average molecular weight is 431 g/mol. The quantitative estimate of drug-likeness (QED) is 0.413. The number of carbonyl (C=O) groups is 1. The number of ether oxygens (including phenoxy) is 3. The summed E-state index contributed by atoms with van der Waals surface area (Å²) in [4.78, 5) is 12.6. The van der Waals surface area contributed by atoms with E-state index in [2.05, 4.69) is 10.1 Å². The largest absolute Gasteiger partial charge is 0.493 e. The minimum atomic E-state index is -3.00. The number of methoxy groups -OCH3 is 1. The van der Waals surface area contributed by atoms with Gasteiger partial charge in [-0.2, -0.15) is 8.78 Å². The summed E-state index contributed by atoms with van der Waals surface area (Å²) in [7, 11) is 1.59. The van der Waals surface area contributed by atoms with Crippen molar-refractivity contribution in [3.8, 4) is 11.5 Å². The molecule has 166 valence electrons. The molecular formula is C24H27F2NO4. The van der Waals surface area contributed by atoms with E-state index in [0.717, 1.165) is 17.4 Å². The zero-order chi connectivity index (χ0) is 22.2. The molecule has 3 rings (SSSR count). The Balaban J connectivity index is 1.59. The molecule has 0 aromatic heterocycles. The number of rotatable bonds is 11. The van der Waals surface area contributed by atoms with Gasteiger partial charge >= 0.3 is 6.61 Å². The lowest BCUT2D eigenvalue weighted by atomic mass is 10.0. The molecule has 0 spiro atoms. The van der Waals surface area contributed by atoms with Crippen molar-refractivity contribution in [1.82, 2.24) is 5.32 Å². The van der Waals surface area contributed by atoms with E-state index >= 15 is 0 Å². The summed E-state index contributed by atoms with van der Waals surface area (Å²) in [5, 5.41) is 2.76. The fourth-order valence-electron chi connectivity index (χ4n) is 3.00. The molecule has 7 heteroatoms. The lowest BCUT2D eigenvalue weighted by molar-refractivity contribution is -0.116. The number of benzene rings is 2. The Labute approximate surface area is 181 Å². The van der Waals surface area contributed by atoms with Crippen LogP contribution < -0.4 is 14.8 Å². The van der Waals surface area contributed by atoms with Crippen molar-refractivity contribution in [3.05, 3.63) is 65.4 Å². The number of carbonyl (C=O) groups excluding carboxylic acids is 1. The summed E-state index contributed by atoms with van der Waals surface area (Å²) in [5.74, 6) is 1.51. The van der Waals surface area contributed by atoms with Gasteiger partial charge in [0.15, 0.2) is 11.5 Å². The molecule has 1 aliphatic carbocycles. The van der Waals surface area contributed by atoms with Gasteiger partial charge in [-0.1, -0.05) is 35.9 Å². The van der Waals surface area contributed by atoms with Crippen LogP contribution in [-0.4, -0.2) is 32.8 Å². The fourth-order valence-corrected chi connectivity index (χ4v) is 3.00. The highest BCUT2D eigenvalue weighted by molar-refractivity contribution is 6.19. The summed E-state index contributed by atoms with van der Waals surface area (Å²) in [6.07, 6.45) is 3.77. The summed E-state index contributed by atoms with van der Waals surface area (Å²) >= 11 is 0. The van der Waals surface area contributed by atoms with Crippen LogP contribution in [0.2, 0.25) is 0 Å². The van der Waals surface area contributed by atoms with Crippen molar-refractivity contribution in [1.29, 1.82) is 0 Å². The number of aryl methyl sites for hydroxylation is 1. The van der Waals surface area contributed by atoms with E-state index in [1.165, 1.54) is 12.8 Å². The van der Waals surface area contributed by atoms with E-state index in [1.54, 1.807) is 31.4 Å². The number of nitrogens with one attached hydrogen (secondary N) is 1. The van der Waals surface area contributed by atoms with Gasteiger partial charge in [0.2, 0.25) is 0 Å². The van der Waals surface area contributed by atoms with Crippen molar-refractivity contribution in [3.63, 3.8) is 0 Å². The molecule has 1 N–H and O–H groups in total. The van der Waals surface area contributed by atoms with E-state index in [-0.39, 0.29) is 5.57 Å². The molecule has 0 saturated heterocycles. The van der Waals surface area contributed by atoms with Crippen LogP contribution in [0.5, 0.6) is 11.5 Å². The van der Waals surface area contributed by atoms with E-state index in [0.29, 0.717) is 42.6 Å². The maximum atomic E-state index is 12.6. The average Bonchev–Trinajstić information content (AvgIpc) is 3.58. The summed E-state index contributed by atoms with van der Waals surface area (Å²) < 4.78 is 40.5. The minimum Gasteiger partial charge on any atom is -0.493 e. The van der Waals surface area contributed by atoms with Gasteiger partial charge < -0.3 is 19.5 Å². The number of amides is 1. The van der Waals surface area contributed by atoms with Gasteiger partial charge in [-0.3, -0.25) is 4.79 Å². The molecule has 0 heterocycles. The second-order valence-corrected chi connectivity index (χ2v) is 7.54. The SMILES string of the molecule is COc1cc(CCNC(=O)/C(=C\OC(F)F)c2ccc(C)cc2)ccc1OCC1CC1. The smallest absolute Gasteiger partial charge is 0.386 e. The second-order valence-electron chi connectivity index (χ2n) is 7.54. The maximum absolute atomic E-state index is 12.6. The molecule has 2 aromatic carbocycles. The first-order chi connectivity index (χ1) is 15.0. The molecule has 0 bridgehead atoms. The molecule has 31 heavy (non-hydrogen) atoms. The Hall–Kier alpha value is -3.09. The molecule has 0 radical (unpaired) electrons. The Morgan fingerprint density at radius 3 is 2.55 bits per heavy atom. The first-order valence-electron chi connectivity index (χ1n) is 10.2. The fraction of sp³-hybridized carbons (Fsp3) is 0.375. The van der Waals surface area contributed by atoms with Crippen molar-refractivity contribution < 1.29 is 27.8 Å². The van der Waals surface area contributed by atoms with Crippen LogP contribution >= 0.6 is 0 Å². The number of alkyl halides is 2. The van der Waals surface area contributed by atoms with Crippen LogP contribution in [0.1, 0.15) is 29.5 Å². The molecule has 2 aromatic rings. The maximum Gasteiger partial charge on any atom is 0.386 e. The molecule has 1 saturated carbocycles. The van der Waals surface area contributed by atoms with Crippen molar-refractivity contribution in [2.45, 2.75) is 32.8 Å². The number of hydrogen-bond acceptors (Lipinski definition) is 4. The first kappa shape index (κ1) is 22.6. The van der Waals surface area contributed by atoms with Crippen LogP contribution in [0.4, 0.5) is 8.78 Å². The first-order valence-corrected chi connectivity index (χ1v) is 10.2. The van der Waals surface area contributed by atoms with Crippen molar-refractivity contribution in [2.24, 2.45) is 5.92 Å². The highest BCUT2D eigenvalue weighted by Crippen LogP contribution is 2.33. The molecular weight excluding hydrogens is 404 g/mol. The van der Waals surface area contributed by atoms with Crippen molar-refractivity contribution in [2.75, 3.05) is 20.3 Å². The van der Waals surface area contributed by atoms with Gasteiger partial charge in [0.25, 0.3) is 5.91 Å². The third-order valence-corrected chi connectivity index (χ3v) is 4.99. The van der Waals surface area contributed by atoms with Gasteiger partial charge in [0.05, 0.1) is 19.3 Å². The minimum absolute atomic E-state index is 0.0432. The zero-order valence-corrected chi connectivity index (χ0v) is 17.7. The van der Waals surface area contributed by atoms with Gasteiger partial charge in [-0.15, -0.1) is 0 Å². The normalized spacial score (nSPS) is 13.8. The molecule has 0 unspecified atom stereocenters. The topological polar surface area (TPSA) is 56.8 Å². The predicted octanol–water partition coefficient (Wildman–Crippen LogP) is 4.73. The van der Waals surface area contributed by atoms with Gasteiger partial charge in [0, 0.05) is 6.54 Å². The molecule has 1 amide bonds. The summed E-state index contributed by atoms with van der Waals surface area (Å²) in [6, 6.07) is 12.7. The van der Waals surface area contributed by atoms with E-state index < -0.39 is 12.5 Å². The van der Waals surface area contributed by atoms with Gasteiger partial charge in [-0.05, 0) is 55.4 Å². The van der Waals surface area contributed by atoms with E-state index in [9.17, 15) is 13.6 Å². The number of hydrogen-bond donors (Lipinski definition) is 1. The highest BCUT2D eigenvalue weighted by atomic mass is 19.3. The van der Waals surface area contributed by atoms with Crippen LogP contribution in [0.3, 0.4) is 0 Å². The Morgan fingerprint density at radius 2 is 1.90 bits per heavy atom. The number of halogens is 2. The Morgan fingerprint density at radius 1 is 1.16 bits per heavy atom. The molecule has 0 atom stereocenters. The lowest BCUT2D eigenvalue weighted by Gasteiger charge is -2.13. The monoisotopic (exact) mass is 431 g/mol. The summed E-state index contributed by atoms with van der Waals surface area (Å²) in [6.45, 7) is -0.0799. The van der Waals surface area contributed by atoms with Gasteiger partial charge in [-0.25, -0.2) is 0 Å². The Kier molecular flexibility index (Phi) is 7.87. The molecule has 0 aliphatic heterocycles. The Bertz CT molecular complexity index is 908.